The minimum Gasteiger partial charge on any atom is -0.207 e. The standard InChI is InChI=1S/C14H18N2O2S2/c1-12-5-3-4-6-13(12)20(17,18)16-9-7-14(11-15,19-2)8-10-16/h3-6H,7-10H2,1-2H3. The van der Waals surface area contributed by atoms with E-state index >= 15 is 0 Å². The molecule has 108 valence electrons. The molecule has 4 nitrogen and oxygen atoms in total. The fraction of sp³-hybridized carbons (Fsp3) is 0.500. The van der Waals surface area contributed by atoms with Gasteiger partial charge in [0.1, 0.15) is 4.75 Å². The van der Waals surface area contributed by atoms with Gasteiger partial charge in [-0.05, 0) is 37.7 Å². The Balaban J connectivity index is 2.23. The maximum Gasteiger partial charge on any atom is 0.243 e. The Morgan fingerprint density at radius 3 is 2.40 bits per heavy atom. The SMILES string of the molecule is CSC1(C#N)CCN(S(=O)(=O)c2ccccc2C)CC1. The molecular formula is C14H18N2O2S2. The van der Waals surface area contributed by atoms with Crippen LogP contribution < -0.4 is 0 Å². The Kier molecular flexibility index (Phi) is 4.43. The van der Waals surface area contributed by atoms with Crippen molar-refractivity contribution in [2.75, 3.05) is 19.3 Å². The molecule has 0 aromatic heterocycles. The van der Waals surface area contributed by atoms with Crippen LogP contribution in [-0.2, 0) is 10.0 Å². The van der Waals surface area contributed by atoms with Crippen molar-refractivity contribution < 1.29 is 8.42 Å². The Bertz CT molecular complexity index is 627. The van der Waals surface area contributed by atoms with E-state index in [2.05, 4.69) is 6.07 Å². The molecule has 1 heterocycles. The third-order valence-corrected chi connectivity index (χ3v) is 7.18. The first-order valence-electron chi connectivity index (χ1n) is 6.47. The highest BCUT2D eigenvalue weighted by Crippen LogP contribution is 2.35. The molecule has 1 aromatic carbocycles. The summed E-state index contributed by atoms with van der Waals surface area (Å²) in [7, 11) is -3.44. The van der Waals surface area contributed by atoms with E-state index < -0.39 is 14.8 Å². The van der Waals surface area contributed by atoms with Gasteiger partial charge in [0, 0.05) is 13.1 Å². The summed E-state index contributed by atoms with van der Waals surface area (Å²) < 4.78 is 26.3. The van der Waals surface area contributed by atoms with Crippen LogP contribution in [-0.4, -0.2) is 36.8 Å². The lowest BCUT2D eigenvalue weighted by atomic mass is 9.99. The van der Waals surface area contributed by atoms with Gasteiger partial charge >= 0.3 is 0 Å². The highest BCUT2D eigenvalue weighted by molar-refractivity contribution is 8.00. The Hall–Kier alpha value is -1.03. The largest absolute Gasteiger partial charge is 0.243 e. The summed E-state index contributed by atoms with van der Waals surface area (Å²) in [6.45, 7) is 2.62. The van der Waals surface area contributed by atoms with Gasteiger partial charge in [-0.15, -0.1) is 11.8 Å². The normalized spacial score (nSPS) is 19.4. The van der Waals surface area contributed by atoms with Gasteiger partial charge in [0.2, 0.25) is 10.0 Å². The Morgan fingerprint density at radius 2 is 1.90 bits per heavy atom. The summed E-state index contributed by atoms with van der Waals surface area (Å²) in [4.78, 5) is 0.369. The van der Waals surface area contributed by atoms with E-state index in [0.717, 1.165) is 5.56 Å². The summed E-state index contributed by atoms with van der Waals surface area (Å²) >= 11 is 1.52. The maximum absolute atomic E-state index is 12.6. The van der Waals surface area contributed by atoms with Crippen LogP contribution in [0.3, 0.4) is 0 Å². The van der Waals surface area contributed by atoms with Crippen LogP contribution in [0.5, 0.6) is 0 Å². The second-order valence-electron chi connectivity index (χ2n) is 4.98. The molecule has 1 saturated heterocycles. The lowest BCUT2D eigenvalue weighted by Gasteiger charge is -2.35. The lowest BCUT2D eigenvalue weighted by Crippen LogP contribution is -2.44. The minimum atomic E-state index is -3.44. The summed E-state index contributed by atoms with van der Waals surface area (Å²) in [6.07, 6.45) is 3.07. The van der Waals surface area contributed by atoms with E-state index in [1.165, 1.54) is 16.1 Å². The van der Waals surface area contributed by atoms with Gasteiger partial charge in [0.05, 0.1) is 11.0 Å². The first kappa shape index (κ1) is 15.4. The van der Waals surface area contributed by atoms with Crippen molar-refractivity contribution in [3.05, 3.63) is 29.8 Å². The number of nitrogens with zero attached hydrogens (tertiary/aromatic N) is 2. The summed E-state index contributed by atoms with van der Waals surface area (Å²) in [5, 5.41) is 9.25. The molecule has 0 unspecified atom stereocenters. The zero-order chi connectivity index (χ0) is 14.8. The molecule has 0 aliphatic carbocycles. The van der Waals surface area contributed by atoms with Crippen LogP contribution in [0.25, 0.3) is 0 Å². The summed E-state index contributed by atoms with van der Waals surface area (Å²) in [5.41, 5.74) is 0.759. The number of piperidine rings is 1. The van der Waals surface area contributed by atoms with Crippen LogP contribution in [0, 0.1) is 18.3 Å². The molecule has 1 aromatic rings. The molecule has 0 amide bonds. The molecule has 1 aliphatic rings. The number of rotatable bonds is 3. The minimum absolute atomic E-state index is 0.369. The predicted molar refractivity (Wildman–Crippen MR) is 81.0 cm³/mol. The second-order valence-corrected chi connectivity index (χ2v) is 8.08. The number of benzene rings is 1. The molecule has 0 bridgehead atoms. The topological polar surface area (TPSA) is 61.2 Å². The molecule has 1 aliphatic heterocycles. The van der Waals surface area contributed by atoms with Crippen LogP contribution in [0.4, 0.5) is 0 Å². The number of thioether (sulfide) groups is 1. The number of hydrogen-bond donors (Lipinski definition) is 0. The fourth-order valence-corrected chi connectivity index (χ4v) is 4.78. The Labute approximate surface area is 124 Å². The smallest absolute Gasteiger partial charge is 0.207 e. The van der Waals surface area contributed by atoms with Gasteiger partial charge < -0.3 is 0 Å². The number of sulfonamides is 1. The first-order valence-corrected chi connectivity index (χ1v) is 9.14. The molecule has 0 N–H and O–H groups in total. The van der Waals surface area contributed by atoms with Gasteiger partial charge in [-0.25, -0.2) is 8.42 Å². The van der Waals surface area contributed by atoms with Crippen molar-refractivity contribution in [2.24, 2.45) is 0 Å². The van der Waals surface area contributed by atoms with Crippen LogP contribution in [0.15, 0.2) is 29.2 Å². The van der Waals surface area contributed by atoms with Crippen LogP contribution in [0.1, 0.15) is 18.4 Å². The zero-order valence-corrected chi connectivity index (χ0v) is 13.3. The maximum atomic E-state index is 12.6. The average Bonchev–Trinajstić information content (AvgIpc) is 2.47. The third-order valence-electron chi connectivity index (χ3n) is 3.84. The van der Waals surface area contributed by atoms with Gasteiger partial charge in [0.25, 0.3) is 0 Å². The second kappa shape index (κ2) is 5.76. The van der Waals surface area contributed by atoms with Crippen molar-refractivity contribution in [1.82, 2.24) is 4.31 Å². The third kappa shape index (κ3) is 2.71. The average molecular weight is 310 g/mol. The van der Waals surface area contributed by atoms with Crippen molar-refractivity contribution in [1.29, 1.82) is 5.26 Å². The fourth-order valence-electron chi connectivity index (χ4n) is 2.43. The highest BCUT2D eigenvalue weighted by atomic mass is 32.2. The summed E-state index contributed by atoms with van der Waals surface area (Å²) in [6, 6.07) is 9.35. The number of hydrogen-bond acceptors (Lipinski definition) is 4. The van der Waals surface area contributed by atoms with E-state index in [1.807, 2.05) is 12.3 Å². The van der Waals surface area contributed by atoms with E-state index in [1.54, 1.807) is 25.1 Å². The monoisotopic (exact) mass is 310 g/mol. The van der Waals surface area contributed by atoms with E-state index in [-0.39, 0.29) is 0 Å². The molecule has 0 radical (unpaired) electrons. The van der Waals surface area contributed by atoms with Gasteiger partial charge in [-0.1, -0.05) is 18.2 Å². The number of aryl methyl sites for hydroxylation is 1. The quantitative estimate of drug-likeness (QED) is 0.860. The molecule has 0 atom stereocenters. The van der Waals surface area contributed by atoms with E-state index in [0.29, 0.717) is 30.8 Å². The molecule has 6 heteroatoms. The van der Waals surface area contributed by atoms with E-state index in [4.69, 9.17) is 0 Å². The van der Waals surface area contributed by atoms with Crippen molar-refractivity contribution in [3.8, 4) is 6.07 Å². The molecule has 2 rings (SSSR count). The lowest BCUT2D eigenvalue weighted by molar-refractivity contribution is 0.327. The Morgan fingerprint density at radius 1 is 1.30 bits per heavy atom. The van der Waals surface area contributed by atoms with Gasteiger partial charge in [-0.2, -0.15) is 9.57 Å². The van der Waals surface area contributed by atoms with Crippen LogP contribution in [0.2, 0.25) is 0 Å². The molecule has 0 spiro atoms. The van der Waals surface area contributed by atoms with Gasteiger partial charge in [0.15, 0.2) is 0 Å². The number of nitriles is 1. The van der Waals surface area contributed by atoms with Crippen molar-refractivity contribution in [3.63, 3.8) is 0 Å². The molecular weight excluding hydrogens is 292 g/mol. The molecule has 20 heavy (non-hydrogen) atoms. The predicted octanol–water partition coefficient (Wildman–Crippen LogP) is 2.40. The zero-order valence-electron chi connectivity index (χ0n) is 11.7. The van der Waals surface area contributed by atoms with Crippen molar-refractivity contribution in [2.45, 2.75) is 29.4 Å². The van der Waals surface area contributed by atoms with E-state index in [9.17, 15) is 13.7 Å². The summed E-state index contributed by atoms with van der Waals surface area (Å²) in [5.74, 6) is 0. The molecule has 1 fully saturated rings. The van der Waals surface area contributed by atoms with Crippen molar-refractivity contribution >= 4 is 21.8 Å². The first-order chi connectivity index (χ1) is 9.45. The van der Waals surface area contributed by atoms with Gasteiger partial charge in [-0.3, -0.25) is 0 Å². The molecule has 0 saturated carbocycles. The highest BCUT2D eigenvalue weighted by Gasteiger charge is 2.38. The van der Waals surface area contributed by atoms with Crippen LogP contribution >= 0.6 is 11.8 Å².